The van der Waals surface area contributed by atoms with Gasteiger partial charge in [0.1, 0.15) is 11.7 Å². The molecule has 2 N–H and O–H groups in total. The van der Waals surface area contributed by atoms with Gasteiger partial charge < -0.3 is 5.32 Å². The van der Waals surface area contributed by atoms with Gasteiger partial charge in [-0.15, -0.1) is 0 Å². The number of halogens is 2. The van der Waals surface area contributed by atoms with E-state index >= 15 is 8.78 Å². The van der Waals surface area contributed by atoms with E-state index < -0.39 is 29.5 Å². The van der Waals surface area contributed by atoms with E-state index in [0.29, 0.717) is 47.0 Å². The van der Waals surface area contributed by atoms with Gasteiger partial charge in [-0.1, -0.05) is 18.2 Å². The lowest BCUT2D eigenvalue weighted by Gasteiger charge is -2.41. The summed E-state index contributed by atoms with van der Waals surface area (Å²) in [5.74, 6) is -5.02. The molecule has 1 aliphatic carbocycles. The molecule has 5 aromatic rings. The number of alkyl halides is 2. The Morgan fingerprint density at radius 2 is 1.79 bits per heavy atom. The zero-order chi connectivity index (χ0) is 37.0. The normalized spacial score (nSPS) is 23.7. The first-order chi connectivity index (χ1) is 25.4. The fourth-order valence-corrected chi connectivity index (χ4v) is 8.66. The van der Waals surface area contributed by atoms with Gasteiger partial charge in [-0.3, -0.25) is 38.4 Å². The Kier molecular flexibility index (Phi) is 8.96. The van der Waals surface area contributed by atoms with Gasteiger partial charge in [-0.05, 0) is 99.9 Å². The highest BCUT2D eigenvalue weighted by Crippen LogP contribution is 2.44. The lowest BCUT2D eigenvalue weighted by atomic mass is 9.83. The van der Waals surface area contributed by atoms with E-state index in [1.807, 2.05) is 47.0 Å². The summed E-state index contributed by atoms with van der Waals surface area (Å²) >= 11 is 0. The third-order valence-corrected chi connectivity index (χ3v) is 11.3. The molecule has 0 spiro atoms. The highest BCUT2D eigenvalue weighted by Gasteiger charge is 2.47. The van der Waals surface area contributed by atoms with Crippen LogP contribution in [-0.2, 0) is 16.6 Å². The molecule has 14 heteroatoms. The molecule has 5 heterocycles. The van der Waals surface area contributed by atoms with Crippen LogP contribution in [0.1, 0.15) is 84.7 Å². The molecular weight excluding hydrogens is 682 g/mol. The van der Waals surface area contributed by atoms with Crippen molar-refractivity contribution in [3.05, 3.63) is 88.2 Å². The summed E-state index contributed by atoms with van der Waals surface area (Å²) in [5, 5.41) is 11.0. The minimum absolute atomic E-state index is 0.105. The Morgan fingerprint density at radius 3 is 2.55 bits per heavy atom. The van der Waals surface area contributed by atoms with E-state index in [1.54, 1.807) is 37.4 Å². The Labute approximate surface area is 304 Å². The third kappa shape index (κ3) is 6.64. The van der Waals surface area contributed by atoms with E-state index in [1.165, 1.54) is 9.13 Å². The van der Waals surface area contributed by atoms with E-state index in [-0.39, 0.29) is 43.7 Å². The molecule has 3 aliphatic rings. The van der Waals surface area contributed by atoms with Gasteiger partial charge in [0.25, 0.3) is 11.8 Å². The van der Waals surface area contributed by atoms with Gasteiger partial charge in [0.05, 0.1) is 35.1 Å². The number of nitrogens with zero attached hydrogens (tertiary/aromatic N) is 6. The Bertz CT molecular complexity index is 2300. The number of piperidine rings is 2. The first-order valence-electron chi connectivity index (χ1n) is 18.3. The summed E-state index contributed by atoms with van der Waals surface area (Å²) in [4.78, 5) is 56.7. The number of benzene rings is 2. The predicted octanol–water partition coefficient (Wildman–Crippen LogP) is 5.48. The lowest BCUT2D eigenvalue weighted by molar-refractivity contribution is -0.135. The lowest BCUT2D eigenvalue weighted by Crippen LogP contribution is -2.49. The number of aromatic nitrogens is 5. The number of hydrogen-bond acceptors (Lipinski definition) is 7. The number of fused-ring (bicyclic) bond motifs is 2. The highest BCUT2D eigenvalue weighted by atomic mass is 19.3. The molecule has 3 fully saturated rings. The van der Waals surface area contributed by atoms with Crippen LogP contribution in [0.5, 0.6) is 0 Å². The maximum Gasteiger partial charge on any atom is 0.329 e. The number of amides is 3. The summed E-state index contributed by atoms with van der Waals surface area (Å²) in [6, 6.07) is 15.3. The first kappa shape index (κ1) is 34.8. The number of aryl methyl sites for hydroxylation is 2. The molecule has 0 radical (unpaired) electrons. The van der Waals surface area contributed by atoms with Crippen molar-refractivity contribution in [2.45, 2.75) is 75.8 Å². The minimum atomic E-state index is -3.03. The highest BCUT2D eigenvalue weighted by molar-refractivity contribution is 6.04. The number of carbonyl (C=O) groups excluding carboxylic acids is 3. The van der Waals surface area contributed by atoms with Gasteiger partial charge in [0.2, 0.25) is 11.8 Å². The first-order valence-corrected chi connectivity index (χ1v) is 18.3. The Morgan fingerprint density at radius 1 is 1.00 bits per heavy atom. The molecule has 12 nitrogen and oxygen atoms in total. The maximum absolute atomic E-state index is 16.1. The standard InChI is InChI=1S/C39H42F2N8O4/c1-23-5-3-7-31(42-23)36(51)43-26-11-14-30-25(19-26)21-48(45-30)27-12-9-24(10-13-27)20-47-18-17-29(39(40,41)22-47)28-6-4-8-32-35(28)46(2)38(53)49(32)33-15-16-34(50)44-37(33)52/h3-8,11,14,19,21,24,27,29,33H,9-10,12-13,15-18,20,22H2,1-2H3,(H,43,51)(H,44,50,52)/t24-,27-,29?,33?. The molecule has 3 aromatic heterocycles. The number of imide groups is 1. The van der Waals surface area contributed by atoms with Crippen LogP contribution in [0, 0.1) is 12.8 Å². The molecule has 0 bridgehead atoms. The summed E-state index contributed by atoms with van der Waals surface area (Å²) in [7, 11) is 1.55. The number of rotatable bonds is 7. The molecule has 2 atom stereocenters. The largest absolute Gasteiger partial charge is 0.329 e. The summed E-state index contributed by atoms with van der Waals surface area (Å²) < 4.78 is 36.9. The molecule has 2 aromatic carbocycles. The number of anilines is 1. The van der Waals surface area contributed by atoms with E-state index in [0.717, 1.165) is 42.3 Å². The fraction of sp³-hybridized carbons (Fsp3) is 0.436. The van der Waals surface area contributed by atoms with Crippen LogP contribution < -0.4 is 16.3 Å². The average molecular weight is 725 g/mol. The number of carbonyl (C=O) groups is 3. The van der Waals surface area contributed by atoms with Crippen LogP contribution in [-0.4, -0.2) is 72.1 Å². The minimum Gasteiger partial charge on any atom is -0.321 e. The van der Waals surface area contributed by atoms with Crippen LogP contribution in [0.25, 0.3) is 21.9 Å². The average Bonchev–Trinajstić information content (AvgIpc) is 3.66. The van der Waals surface area contributed by atoms with Crippen molar-refractivity contribution in [1.29, 1.82) is 0 Å². The van der Waals surface area contributed by atoms with Crippen molar-refractivity contribution < 1.29 is 23.2 Å². The molecule has 2 aliphatic heterocycles. The van der Waals surface area contributed by atoms with Crippen LogP contribution >= 0.6 is 0 Å². The topological polar surface area (TPSA) is 136 Å². The van der Waals surface area contributed by atoms with Crippen molar-refractivity contribution in [2.24, 2.45) is 13.0 Å². The van der Waals surface area contributed by atoms with Crippen molar-refractivity contribution in [2.75, 3.05) is 25.0 Å². The van der Waals surface area contributed by atoms with Gasteiger partial charge >= 0.3 is 5.69 Å². The predicted molar refractivity (Wildman–Crippen MR) is 195 cm³/mol. The SMILES string of the molecule is Cc1cccc(C(=O)Nc2ccc3nn([C@H]4CC[C@H](CN5CCC(c6cccc7c6n(C)c(=O)n7C6CCC(=O)NC6=O)C(F)(F)C5)CC4)cc3c2)n1. The monoisotopic (exact) mass is 724 g/mol. The molecular formula is C39H42F2N8O4. The van der Waals surface area contributed by atoms with Crippen molar-refractivity contribution >= 4 is 45.3 Å². The van der Waals surface area contributed by atoms with Crippen molar-refractivity contribution in [3.8, 4) is 0 Å². The van der Waals surface area contributed by atoms with Gasteiger partial charge in [-0.2, -0.15) is 5.10 Å². The third-order valence-electron chi connectivity index (χ3n) is 11.3. The molecule has 2 saturated heterocycles. The Balaban J connectivity index is 0.898. The van der Waals surface area contributed by atoms with Gasteiger partial charge in [0.15, 0.2) is 0 Å². The van der Waals surface area contributed by atoms with E-state index in [9.17, 15) is 19.2 Å². The molecule has 53 heavy (non-hydrogen) atoms. The second-order valence-electron chi connectivity index (χ2n) is 14.9. The summed E-state index contributed by atoms with van der Waals surface area (Å²) in [5.41, 5.74) is 3.41. The smallest absolute Gasteiger partial charge is 0.321 e. The Hall–Kier alpha value is -5.24. The number of para-hydroxylation sites is 1. The van der Waals surface area contributed by atoms with Crippen LogP contribution in [0.4, 0.5) is 14.5 Å². The summed E-state index contributed by atoms with van der Waals surface area (Å²) in [6.07, 6.45) is 6.15. The van der Waals surface area contributed by atoms with Crippen LogP contribution in [0.2, 0.25) is 0 Å². The zero-order valence-corrected chi connectivity index (χ0v) is 29.7. The molecule has 2 unspecified atom stereocenters. The number of imidazole rings is 1. The summed E-state index contributed by atoms with van der Waals surface area (Å²) in [6.45, 7) is 2.60. The second kappa shape index (κ2) is 13.6. The number of hydrogen-bond donors (Lipinski definition) is 2. The quantitative estimate of drug-likeness (QED) is 0.212. The molecule has 3 amide bonds. The van der Waals surface area contributed by atoms with E-state index in [2.05, 4.69) is 15.6 Å². The molecule has 276 valence electrons. The van der Waals surface area contributed by atoms with Gasteiger partial charge in [0, 0.05) is 43.0 Å². The van der Waals surface area contributed by atoms with E-state index in [4.69, 9.17) is 5.10 Å². The zero-order valence-electron chi connectivity index (χ0n) is 29.7. The van der Waals surface area contributed by atoms with Crippen LogP contribution in [0.15, 0.2) is 65.6 Å². The van der Waals surface area contributed by atoms with Crippen LogP contribution in [0.3, 0.4) is 0 Å². The number of pyridine rings is 1. The van der Waals surface area contributed by atoms with Crippen molar-refractivity contribution in [3.63, 3.8) is 0 Å². The van der Waals surface area contributed by atoms with Crippen molar-refractivity contribution in [1.82, 2.24) is 34.1 Å². The number of nitrogens with one attached hydrogen (secondary N) is 2. The maximum atomic E-state index is 16.1. The molecule has 1 saturated carbocycles. The van der Waals surface area contributed by atoms with Gasteiger partial charge in [-0.25, -0.2) is 18.6 Å². The molecule has 8 rings (SSSR count). The fourth-order valence-electron chi connectivity index (χ4n) is 8.66. The number of likely N-dealkylation sites (tertiary alicyclic amines) is 1. The second-order valence-corrected chi connectivity index (χ2v) is 14.9.